The highest BCUT2D eigenvalue weighted by atomic mass is 16.4. The monoisotopic (exact) mass is 327 g/mol. The molecule has 0 saturated carbocycles. The number of rotatable bonds is 5. The van der Waals surface area contributed by atoms with E-state index in [2.05, 4.69) is 5.10 Å². The van der Waals surface area contributed by atoms with E-state index in [1.807, 2.05) is 30.3 Å². The molecular formula is C18H21N3O3. The first-order valence-electron chi connectivity index (χ1n) is 8.29. The first kappa shape index (κ1) is 16.2. The van der Waals surface area contributed by atoms with Crippen molar-refractivity contribution >= 4 is 11.9 Å². The Kier molecular flexibility index (Phi) is 4.93. The highest BCUT2D eigenvalue weighted by Crippen LogP contribution is 2.23. The second-order valence-electron chi connectivity index (χ2n) is 6.06. The molecule has 1 atom stereocenters. The minimum atomic E-state index is -0.818. The number of carboxylic acids is 1. The minimum absolute atomic E-state index is 0.00998. The van der Waals surface area contributed by atoms with Crippen LogP contribution in [0.5, 0.6) is 0 Å². The smallest absolute Gasteiger partial charge is 0.303 e. The van der Waals surface area contributed by atoms with Gasteiger partial charge in [0.2, 0.25) is 0 Å². The van der Waals surface area contributed by atoms with Crippen molar-refractivity contribution in [3.8, 4) is 5.69 Å². The van der Waals surface area contributed by atoms with E-state index in [4.69, 9.17) is 5.11 Å². The van der Waals surface area contributed by atoms with E-state index in [-0.39, 0.29) is 18.4 Å². The molecule has 1 aromatic carbocycles. The summed E-state index contributed by atoms with van der Waals surface area (Å²) in [5.74, 6) is -0.930. The molecule has 1 fully saturated rings. The van der Waals surface area contributed by atoms with Gasteiger partial charge in [-0.3, -0.25) is 9.59 Å². The van der Waals surface area contributed by atoms with Crippen molar-refractivity contribution in [2.75, 3.05) is 6.54 Å². The van der Waals surface area contributed by atoms with Gasteiger partial charge in [0.15, 0.2) is 5.69 Å². The summed E-state index contributed by atoms with van der Waals surface area (Å²) in [6.07, 6.45) is 5.21. The summed E-state index contributed by atoms with van der Waals surface area (Å²) >= 11 is 0. The van der Waals surface area contributed by atoms with Gasteiger partial charge in [0.1, 0.15) is 0 Å². The number of aliphatic carboxylic acids is 1. The molecule has 1 N–H and O–H groups in total. The van der Waals surface area contributed by atoms with Crippen LogP contribution >= 0.6 is 0 Å². The Morgan fingerprint density at radius 2 is 1.96 bits per heavy atom. The molecule has 1 saturated heterocycles. The number of para-hydroxylation sites is 1. The lowest BCUT2D eigenvalue weighted by Gasteiger charge is -2.35. The molecule has 6 heteroatoms. The van der Waals surface area contributed by atoms with E-state index in [0.29, 0.717) is 18.7 Å². The summed E-state index contributed by atoms with van der Waals surface area (Å²) in [6.45, 7) is 0.668. The maximum atomic E-state index is 12.8. The third-order valence-electron chi connectivity index (χ3n) is 4.41. The predicted molar refractivity (Wildman–Crippen MR) is 89.1 cm³/mol. The Balaban J connectivity index is 1.74. The van der Waals surface area contributed by atoms with Crippen molar-refractivity contribution in [2.24, 2.45) is 0 Å². The van der Waals surface area contributed by atoms with Crippen LogP contribution in [0.15, 0.2) is 42.6 Å². The van der Waals surface area contributed by atoms with Gasteiger partial charge in [0, 0.05) is 25.2 Å². The van der Waals surface area contributed by atoms with E-state index < -0.39 is 5.97 Å². The predicted octanol–water partition coefficient (Wildman–Crippen LogP) is 2.73. The summed E-state index contributed by atoms with van der Waals surface area (Å²) < 4.78 is 1.68. The van der Waals surface area contributed by atoms with Gasteiger partial charge >= 0.3 is 5.97 Å². The highest BCUT2D eigenvalue weighted by Gasteiger charge is 2.29. The Morgan fingerprint density at radius 1 is 1.17 bits per heavy atom. The molecule has 1 aliphatic rings. The van der Waals surface area contributed by atoms with E-state index in [9.17, 15) is 9.59 Å². The molecule has 1 aromatic heterocycles. The molecule has 24 heavy (non-hydrogen) atoms. The average molecular weight is 327 g/mol. The van der Waals surface area contributed by atoms with Gasteiger partial charge in [-0.1, -0.05) is 18.2 Å². The van der Waals surface area contributed by atoms with Crippen LogP contribution in [0, 0.1) is 0 Å². The van der Waals surface area contributed by atoms with Crippen LogP contribution in [0.25, 0.3) is 5.69 Å². The Labute approximate surface area is 140 Å². The molecule has 0 aliphatic carbocycles. The van der Waals surface area contributed by atoms with Crippen LogP contribution in [0.2, 0.25) is 0 Å². The zero-order chi connectivity index (χ0) is 16.9. The molecule has 1 amide bonds. The average Bonchev–Trinajstić information content (AvgIpc) is 3.10. The topological polar surface area (TPSA) is 75.4 Å². The van der Waals surface area contributed by atoms with E-state index in [1.54, 1.807) is 21.8 Å². The van der Waals surface area contributed by atoms with Crippen molar-refractivity contribution in [3.05, 3.63) is 48.3 Å². The summed E-state index contributed by atoms with van der Waals surface area (Å²) in [6, 6.07) is 11.3. The van der Waals surface area contributed by atoms with Gasteiger partial charge in [0.25, 0.3) is 5.91 Å². The Bertz CT molecular complexity index is 711. The summed E-state index contributed by atoms with van der Waals surface area (Å²) in [5, 5.41) is 13.3. The number of amides is 1. The van der Waals surface area contributed by atoms with Crippen molar-refractivity contribution in [2.45, 2.75) is 38.1 Å². The Hall–Kier alpha value is -2.63. The molecule has 1 aliphatic heterocycles. The first-order valence-corrected chi connectivity index (χ1v) is 8.29. The number of aromatic nitrogens is 2. The zero-order valence-corrected chi connectivity index (χ0v) is 13.5. The number of carbonyl (C=O) groups is 2. The summed E-state index contributed by atoms with van der Waals surface area (Å²) in [7, 11) is 0. The largest absolute Gasteiger partial charge is 0.481 e. The quantitative estimate of drug-likeness (QED) is 0.916. The number of carbonyl (C=O) groups excluding carboxylic acids is 1. The number of piperidine rings is 1. The van der Waals surface area contributed by atoms with Gasteiger partial charge in [0.05, 0.1) is 5.69 Å². The van der Waals surface area contributed by atoms with Crippen molar-refractivity contribution in [1.29, 1.82) is 0 Å². The van der Waals surface area contributed by atoms with E-state index in [1.165, 1.54) is 0 Å². The summed E-state index contributed by atoms with van der Waals surface area (Å²) in [5.41, 5.74) is 1.30. The standard InChI is InChI=1S/C18H21N3O3/c22-17(23)10-9-14-6-4-5-12-20(14)18(24)16-11-13-21(19-16)15-7-2-1-3-8-15/h1-3,7-8,11,13-14H,4-6,9-10,12H2,(H,22,23)/t14-/m1/s1. The van der Waals surface area contributed by atoms with Gasteiger partial charge in [-0.05, 0) is 43.9 Å². The number of carboxylic acid groups (broad SMARTS) is 1. The number of hydrogen-bond acceptors (Lipinski definition) is 3. The van der Waals surface area contributed by atoms with Crippen LogP contribution in [0.1, 0.15) is 42.6 Å². The van der Waals surface area contributed by atoms with Crippen molar-refractivity contribution in [3.63, 3.8) is 0 Å². The lowest BCUT2D eigenvalue weighted by Crippen LogP contribution is -2.44. The van der Waals surface area contributed by atoms with Gasteiger partial charge in [-0.25, -0.2) is 4.68 Å². The fourth-order valence-electron chi connectivity index (χ4n) is 3.17. The molecule has 2 heterocycles. The molecule has 0 radical (unpaired) electrons. The fourth-order valence-corrected chi connectivity index (χ4v) is 3.17. The van der Waals surface area contributed by atoms with Crippen molar-refractivity contribution in [1.82, 2.24) is 14.7 Å². The van der Waals surface area contributed by atoms with E-state index in [0.717, 1.165) is 24.9 Å². The minimum Gasteiger partial charge on any atom is -0.481 e. The first-order chi connectivity index (χ1) is 11.6. The van der Waals surface area contributed by atoms with Gasteiger partial charge < -0.3 is 10.0 Å². The highest BCUT2D eigenvalue weighted by molar-refractivity contribution is 5.92. The van der Waals surface area contributed by atoms with Crippen LogP contribution in [-0.2, 0) is 4.79 Å². The number of nitrogens with zero attached hydrogens (tertiary/aromatic N) is 3. The molecule has 126 valence electrons. The third kappa shape index (κ3) is 3.64. The molecule has 0 unspecified atom stereocenters. The number of likely N-dealkylation sites (tertiary alicyclic amines) is 1. The van der Waals surface area contributed by atoms with Crippen molar-refractivity contribution < 1.29 is 14.7 Å². The normalized spacial score (nSPS) is 17.7. The summed E-state index contributed by atoms with van der Waals surface area (Å²) in [4.78, 5) is 25.4. The lowest BCUT2D eigenvalue weighted by atomic mass is 9.97. The number of benzene rings is 1. The maximum absolute atomic E-state index is 12.8. The van der Waals surface area contributed by atoms with Crippen LogP contribution in [0.3, 0.4) is 0 Å². The van der Waals surface area contributed by atoms with Crippen LogP contribution in [0.4, 0.5) is 0 Å². The molecular weight excluding hydrogens is 306 g/mol. The second-order valence-corrected chi connectivity index (χ2v) is 6.06. The Morgan fingerprint density at radius 3 is 2.71 bits per heavy atom. The molecule has 2 aromatic rings. The zero-order valence-electron chi connectivity index (χ0n) is 13.5. The molecule has 0 spiro atoms. The molecule has 6 nitrogen and oxygen atoms in total. The maximum Gasteiger partial charge on any atom is 0.303 e. The second kappa shape index (κ2) is 7.29. The molecule has 0 bridgehead atoms. The SMILES string of the molecule is O=C(O)CC[C@H]1CCCCN1C(=O)c1ccn(-c2ccccc2)n1. The number of hydrogen-bond donors (Lipinski definition) is 1. The van der Waals surface area contributed by atoms with Crippen LogP contribution < -0.4 is 0 Å². The van der Waals surface area contributed by atoms with Gasteiger partial charge in [-0.2, -0.15) is 5.10 Å². The van der Waals surface area contributed by atoms with Crippen LogP contribution in [-0.4, -0.2) is 44.3 Å². The van der Waals surface area contributed by atoms with Gasteiger partial charge in [-0.15, -0.1) is 0 Å². The fraction of sp³-hybridized carbons (Fsp3) is 0.389. The third-order valence-corrected chi connectivity index (χ3v) is 4.41. The lowest BCUT2D eigenvalue weighted by molar-refractivity contribution is -0.137. The molecule has 3 rings (SSSR count). The van der Waals surface area contributed by atoms with E-state index >= 15 is 0 Å².